The Hall–Kier alpha value is -1.86. The highest BCUT2D eigenvalue weighted by atomic mass is 16.5. The van der Waals surface area contributed by atoms with Gasteiger partial charge in [-0.05, 0) is 104 Å². The first kappa shape index (κ1) is 24.5. The first-order valence-corrected chi connectivity index (χ1v) is 14.2. The molecule has 0 aromatic carbocycles. The Bertz CT molecular complexity index is 1030. The average Bonchev–Trinajstić information content (AvgIpc) is 3.23. The van der Waals surface area contributed by atoms with Gasteiger partial charge in [-0.1, -0.05) is 13.8 Å². The van der Waals surface area contributed by atoms with Crippen molar-refractivity contribution in [3.8, 4) is 0 Å². The number of amides is 2. The monoisotopic (exact) mass is 498 g/mol. The van der Waals surface area contributed by atoms with Gasteiger partial charge in [-0.25, -0.2) is 9.59 Å². The molecule has 2 heterocycles. The maximum Gasteiger partial charge on any atom is 0.335 e. The lowest BCUT2D eigenvalue weighted by molar-refractivity contribution is -0.206. The SMILES string of the molecule is CC12CCC3C(CCC4(O)CC(NC(=O)N5CCOCC5)CCC34C)C1CCC2c1ccc(=O)oc1. The zero-order valence-corrected chi connectivity index (χ0v) is 21.8. The van der Waals surface area contributed by atoms with Crippen LogP contribution in [0, 0.1) is 28.6 Å². The molecule has 6 rings (SSSR count). The molecule has 1 aliphatic heterocycles. The third kappa shape index (κ3) is 3.75. The predicted octanol–water partition coefficient (Wildman–Crippen LogP) is 4.29. The Morgan fingerprint density at radius 1 is 1.03 bits per heavy atom. The van der Waals surface area contributed by atoms with Crippen molar-refractivity contribution in [1.29, 1.82) is 0 Å². The minimum Gasteiger partial charge on any atom is -0.431 e. The molecule has 198 valence electrons. The quantitative estimate of drug-likeness (QED) is 0.635. The van der Waals surface area contributed by atoms with E-state index in [0.29, 0.717) is 56.4 Å². The molecular weight excluding hydrogens is 456 g/mol. The summed E-state index contributed by atoms with van der Waals surface area (Å²) in [6.45, 7) is 7.30. The second kappa shape index (κ2) is 8.87. The van der Waals surface area contributed by atoms with Crippen LogP contribution in [0.2, 0.25) is 0 Å². The Labute approximate surface area is 214 Å². The Balaban J connectivity index is 1.17. The van der Waals surface area contributed by atoms with Crippen molar-refractivity contribution in [2.75, 3.05) is 26.3 Å². The normalized spacial score (nSPS) is 44.3. The Morgan fingerprint density at radius 3 is 2.58 bits per heavy atom. The van der Waals surface area contributed by atoms with Crippen molar-refractivity contribution >= 4 is 6.03 Å². The van der Waals surface area contributed by atoms with Crippen molar-refractivity contribution in [3.05, 3.63) is 34.4 Å². The van der Waals surface area contributed by atoms with Crippen LogP contribution in [-0.4, -0.2) is 54.0 Å². The smallest absolute Gasteiger partial charge is 0.335 e. The van der Waals surface area contributed by atoms with Gasteiger partial charge in [0.2, 0.25) is 0 Å². The van der Waals surface area contributed by atoms with Gasteiger partial charge in [0, 0.05) is 25.2 Å². The van der Waals surface area contributed by atoms with Crippen LogP contribution in [-0.2, 0) is 4.74 Å². The van der Waals surface area contributed by atoms with E-state index in [0.717, 1.165) is 44.9 Å². The molecule has 1 saturated heterocycles. The van der Waals surface area contributed by atoms with E-state index in [-0.39, 0.29) is 28.5 Å². The fourth-order valence-corrected chi connectivity index (χ4v) is 9.52. The minimum atomic E-state index is -0.718. The van der Waals surface area contributed by atoms with E-state index in [1.807, 2.05) is 11.0 Å². The number of hydrogen-bond acceptors (Lipinski definition) is 5. The lowest BCUT2D eigenvalue weighted by Crippen LogP contribution is -2.64. The summed E-state index contributed by atoms with van der Waals surface area (Å²) in [5, 5.41) is 15.4. The van der Waals surface area contributed by atoms with E-state index in [1.165, 1.54) is 12.0 Å². The Kier molecular flexibility index (Phi) is 6.03. The van der Waals surface area contributed by atoms with Gasteiger partial charge in [0.15, 0.2) is 0 Å². The third-order valence-corrected chi connectivity index (χ3v) is 11.6. The van der Waals surface area contributed by atoms with Crippen LogP contribution in [0.15, 0.2) is 27.6 Å². The second-order valence-electron chi connectivity index (χ2n) is 12.9. The molecule has 2 N–H and O–H groups in total. The zero-order chi connectivity index (χ0) is 25.1. The number of ether oxygens (including phenoxy) is 1. The fraction of sp³-hybridized carbons (Fsp3) is 0.793. The number of nitrogens with zero attached hydrogens (tertiary/aromatic N) is 1. The second-order valence-corrected chi connectivity index (χ2v) is 12.9. The number of fused-ring (bicyclic) bond motifs is 5. The van der Waals surface area contributed by atoms with Gasteiger partial charge in [0.25, 0.3) is 0 Å². The van der Waals surface area contributed by atoms with Gasteiger partial charge >= 0.3 is 11.7 Å². The molecule has 0 spiro atoms. The van der Waals surface area contributed by atoms with Gasteiger partial charge in [-0.15, -0.1) is 0 Å². The summed E-state index contributed by atoms with van der Waals surface area (Å²) in [6.07, 6.45) is 10.8. The van der Waals surface area contributed by atoms with E-state index in [4.69, 9.17) is 9.15 Å². The Morgan fingerprint density at radius 2 is 1.83 bits per heavy atom. The number of carbonyl (C=O) groups excluding carboxylic acids is 1. The molecule has 1 aromatic heterocycles. The molecule has 36 heavy (non-hydrogen) atoms. The molecule has 5 aliphatic rings. The summed E-state index contributed by atoms with van der Waals surface area (Å²) in [6, 6.07) is 3.57. The van der Waals surface area contributed by atoms with E-state index >= 15 is 0 Å². The molecule has 5 fully saturated rings. The molecule has 2 amide bonds. The van der Waals surface area contributed by atoms with Crippen LogP contribution < -0.4 is 10.9 Å². The van der Waals surface area contributed by atoms with Crippen LogP contribution in [0.5, 0.6) is 0 Å². The highest BCUT2D eigenvalue weighted by Gasteiger charge is 2.64. The van der Waals surface area contributed by atoms with Gasteiger partial charge in [-0.2, -0.15) is 0 Å². The first-order valence-electron chi connectivity index (χ1n) is 14.2. The fourth-order valence-electron chi connectivity index (χ4n) is 9.52. The minimum absolute atomic E-state index is 0.00799. The molecule has 8 unspecified atom stereocenters. The van der Waals surface area contributed by atoms with Crippen molar-refractivity contribution in [2.24, 2.45) is 28.6 Å². The van der Waals surface area contributed by atoms with E-state index in [9.17, 15) is 14.7 Å². The average molecular weight is 499 g/mol. The van der Waals surface area contributed by atoms with Crippen LogP contribution in [0.3, 0.4) is 0 Å². The molecule has 4 aliphatic carbocycles. The first-order chi connectivity index (χ1) is 17.2. The predicted molar refractivity (Wildman–Crippen MR) is 136 cm³/mol. The van der Waals surface area contributed by atoms with Gasteiger partial charge in [-0.3, -0.25) is 0 Å². The van der Waals surface area contributed by atoms with Crippen molar-refractivity contribution in [3.63, 3.8) is 0 Å². The number of carbonyl (C=O) groups is 1. The summed E-state index contributed by atoms with van der Waals surface area (Å²) in [5.74, 6) is 2.24. The topological polar surface area (TPSA) is 92.0 Å². The van der Waals surface area contributed by atoms with E-state index < -0.39 is 5.60 Å². The lowest BCUT2D eigenvalue weighted by atomic mass is 9.43. The number of hydrogen-bond donors (Lipinski definition) is 2. The number of rotatable bonds is 2. The van der Waals surface area contributed by atoms with Crippen LogP contribution in [0.1, 0.15) is 83.1 Å². The summed E-state index contributed by atoms with van der Waals surface area (Å²) < 4.78 is 10.6. The van der Waals surface area contributed by atoms with Crippen LogP contribution in [0.4, 0.5) is 4.79 Å². The highest BCUT2D eigenvalue weighted by Crippen LogP contribution is 2.69. The molecule has 7 nitrogen and oxygen atoms in total. The van der Waals surface area contributed by atoms with Gasteiger partial charge < -0.3 is 24.5 Å². The molecular formula is C29H42N2O5. The zero-order valence-electron chi connectivity index (χ0n) is 21.8. The standard InChI is InChI=1S/C29H42N2O5/c1-27-10-9-24-21(23(27)5-4-22(27)19-3-6-25(32)36-18-19)8-12-29(34)17-20(7-11-28(24,29)2)30-26(33)31-13-15-35-16-14-31/h3,6,18,20-24,34H,4-5,7-17H2,1-2H3,(H,30,33). The maximum atomic E-state index is 12.8. The summed E-state index contributed by atoms with van der Waals surface area (Å²) in [5.41, 5.74) is 0.293. The number of aliphatic hydroxyl groups is 1. The highest BCUT2D eigenvalue weighted by molar-refractivity contribution is 5.74. The lowest BCUT2D eigenvalue weighted by Gasteiger charge is -2.64. The van der Waals surface area contributed by atoms with Crippen molar-refractivity contribution in [1.82, 2.24) is 10.2 Å². The summed E-state index contributed by atoms with van der Waals surface area (Å²) in [4.78, 5) is 26.2. The van der Waals surface area contributed by atoms with E-state index in [2.05, 4.69) is 19.2 Å². The number of nitrogens with one attached hydrogen (secondary N) is 1. The van der Waals surface area contributed by atoms with Crippen LogP contribution >= 0.6 is 0 Å². The number of urea groups is 1. The third-order valence-electron chi connectivity index (χ3n) is 11.6. The maximum absolute atomic E-state index is 12.8. The van der Waals surface area contributed by atoms with Gasteiger partial charge in [0.05, 0.1) is 25.1 Å². The number of morpholine rings is 1. The molecule has 7 heteroatoms. The molecule has 0 bridgehead atoms. The summed E-state index contributed by atoms with van der Waals surface area (Å²) >= 11 is 0. The van der Waals surface area contributed by atoms with Crippen LogP contribution in [0.25, 0.3) is 0 Å². The van der Waals surface area contributed by atoms with Crippen molar-refractivity contribution < 1.29 is 19.1 Å². The molecule has 4 saturated carbocycles. The van der Waals surface area contributed by atoms with E-state index in [1.54, 1.807) is 12.3 Å². The largest absolute Gasteiger partial charge is 0.431 e. The molecule has 8 atom stereocenters. The molecule has 0 radical (unpaired) electrons. The molecule has 1 aromatic rings. The van der Waals surface area contributed by atoms with Crippen molar-refractivity contribution in [2.45, 2.75) is 89.2 Å². The van der Waals surface area contributed by atoms with Gasteiger partial charge in [0.1, 0.15) is 0 Å². The summed E-state index contributed by atoms with van der Waals surface area (Å²) in [7, 11) is 0.